The lowest BCUT2D eigenvalue weighted by Gasteiger charge is -2.23. The largest absolute Gasteiger partial charge is 0.423 e. The smallest absolute Gasteiger partial charge is 0.344 e. The fourth-order valence-electron chi connectivity index (χ4n) is 3.04. The van der Waals surface area contributed by atoms with Gasteiger partial charge in [-0.15, -0.1) is 0 Å². The van der Waals surface area contributed by atoms with Crippen LogP contribution in [-0.4, -0.2) is 23.3 Å². The molecule has 0 amide bonds. The molecule has 0 heterocycles. The van der Waals surface area contributed by atoms with Crippen molar-refractivity contribution in [1.82, 2.24) is 10.7 Å². The minimum absolute atomic E-state index is 0.368. The van der Waals surface area contributed by atoms with Crippen molar-refractivity contribution in [3.8, 4) is 5.75 Å². The van der Waals surface area contributed by atoms with Crippen molar-refractivity contribution in [3.63, 3.8) is 0 Å². The van der Waals surface area contributed by atoms with Gasteiger partial charge in [-0.25, -0.2) is 4.79 Å². The van der Waals surface area contributed by atoms with Gasteiger partial charge in [0.05, 0.1) is 11.8 Å². The van der Waals surface area contributed by atoms with E-state index in [0.29, 0.717) is 22.5 Å². The van der Waals surface area contributed by atoms with Crippen molar-refractivity contribution in [2.75, 3.05) is 0 Å². The van der Waals surface area contributed by atoms with Gasteiger partial charge in [-0.05, 0) is 89.6 Å². The molecular weight excluding hydrogens is 485 g/mol. The third-order valence-corrected chi connectivity index (χ3v) is 5.65. The summed E-state index contributed by atoms with van der Waals surface area (Å²) in [6, 6.07) is 14.9. The molecule has 1 fully saturated rings. The van der Waals surface area contributed by atoms with E-state index in [2.05, 4.69) is 38.4 Å². The number of carbonyl (C=O) groups is 1. The van der Waals surface area contributed by atoms with Crippen molar-refractivity contribution in [2.24, 2.45) is 5.10 Å². The third kappa shape index (κ3) is 6.27. The molecule has 2 aromatic carbocycles. The van der Waals surface area contributed by atoms with Crippen LogP contribution in [0.25, 0.3) is 0 Å². The van der Waals surface area contributed by atoms with E-state index in [1.807, 2.05) is 30.3 Å². The summed E-state index contributed by atoms with van der Waals surface area (Å²) >= 11 is 7.40. The van der Waals surface area contributed by atoms with Crippen LogP contribution < -0.4 is 15.5 Å². The molecule has 2 N–H and O–H groups in total. The first-order valence-corrected chi connectivity index (χ1v) is 10.8. The first-order chi connectivity index (χ1) is 13.6. The lowest BCUT2D eigenvalue weighted by molar-refractivity contribution is 0.0733. The van der Waals surface area contributed by atoms with Crippen LogP contribution in [0.5, 0.6) is 5.75 Å². The van der Waals surface area contributed by atoms with Crippen LogP contribution in [0.2, 0.25) is 0 Å². The number of rotatable bonds is 5. The van der Waals surface area contributed by atoms with Crippen LogP contribution in [-0.2, 0) is 0 Å². The van der Waals surface area contributed by atoms with Crippen LogP contribution >= 0.6 is 34.8 Å². The number of nitrogens with zero attached hydrogens (tertiary/aromatic N) is 1. The third-order valence-electron chi connectivity index (χ3n) is 4.50. The van der Waals surface area contributed by atoms with E-state index in [1.54, 1.807) is 24.4 Å². The predicted molar refractivity (Wildman–Crippen MR) is 124 cm³/mol. The number of carbonyl (C=O) groups excluding carboxylic acids is 1. The maximum absolute atomic E-state index is 12.2. The van der Waals surface area contributed by atoms with Crippen LogP contribution in [0, 0.1) is 3.57 Å². The molecule has 0 aliphatic heterocycles. The van der Waals surface area contributed by atoms with E-state index in [0.717, 1.165) is 22.0 Å². The van der Waals surface area contributed by atoms with Crippen LogP contribution in [0.1, 0.15) is 48.0 Å². The van der Waals surface area contributed by atoms with Gasteiger partial charge in [-0.2, -0.15) is 5.10 Å². The summed E-state index contributed by atoms with van der Waals surface area (Å²) in [7, 11) is 0. The number of ether oxygens (including phenoxy) is 1. The Bertz CT molecular complexity index is 849. The molecule has 0 atom stereocenters. The normalized spacial score (nSPS) is 14.6. The second kappa shape index (κ2) is 10.5. The Morgan fingerprint density at radius 1 is 1.11 bits per heavy atom. The van der Waals surface area contributed by atoms with Crippen molar-refractivity contribution in [1.29, 1.82) is 0 Å². The molecule has 0 aromatic heterocycles. The summed E-state index contributed by atoms with van der Waals surface area (Å²) in [6.45, 7) is 0. The van der Waals surface area contributed by atoms with Gasteiger partial charge in [0.15, 0.2) is 5.11 Å². The molecule has 1 saturated carbocycles. The fraction of sp³-hybridized carbons (Fsp3) is 0.286. The highest BCUT2D eigenvalue weighted by molar-refractivity contribution is 14.1. The number of hydrazone groups is 1. The fourth-order valence-corrected chi connectivity index (χ4v) is 3.87. The Hall–Kier alpha value is -2.00. The molecule has 1 aliphatic rings. The predicted octanol–water partition coefficient (Wildman–Crippen LogP) is 4.64. The zero-order valence-corrected chi connectivity index (χ0v) is 18.3. The average molecular weight is 507 g/mol. The summed E-state index contributed by atoms with van der Waals surface area (Å²) < 4.78 is 6.29. The zero-order chi connectivity index (χ0) is 19.8. The van der Waals surface area contributed by atoms with Gasteiger partial charge in [0.25, 0.3) is 0 Å². The Morgan fingerprint density at radius 2 is 1.82 bits per heavy atom. The average Bonchev–Trinajstić information content (AvgIpc) is 2.70. The highest BCUT2D eigenvalue weighted by atomic mass is 127. The second-order valence-corrected chi connectivity index (χ2v) is 8.19. The Morgan fingerprint density at radius 3 is 2.54 bits per heavy atom. The van der Waals surface area contributed by atoms with E-state index in [-0.39, 0.29) is 5.97 Å². The Labute approximate surface area is 184 Å². The first kappa shape index (κ1) is 20.7. The minimum Gasteiger partial charge on any atom is -0.423 e. The highest BCUT2D eigenvalue weighted by Gasteiger charge is 2.13. The van der Waals surface area contributed by atoms with E-state index >= 15 is 0 Å². The molecule has 0 bridgehead atoms. The van der Waals surface area contributed by atoms with Gasteiger partial charge in [0, 0.05) is 9.61 Å². The minimum atomic E-state index is -0.368. The molecule has 146 valence electrons. The van der Waals surface area contributed by atoms with Crippen molar-refractivity contribution < 1.29 is 9.53 Å². The Balaban J connectivity index is 1.48. The maximum Gasteiger partial charge on any atom is 0.344 e. The molecular formula is C21H22IN3O2S. The lowest BCUT2D eigenvalue weighted by Crippen LogP contribution is -2.40. The maximum atomic E-state index is 12.2. The van der Waals surface area contributed by atoms with Gasteiger partial charge in [0.1, 0.15) is 5.75 Å². The Kier molecular flexibility index (Phi) is 7.79. The molecule has 0 saturated heterocycles. The number of halogens is 1. The summed E-state index contributed by atoms with van der Waals surface area (Å²) in [4.78, 5) is 12.2. The number of esters is 1. The van der Waals surface area contributed by atoms with E-state index in [9.17, 15) is 4.79 Å². The highest BCUT2D eigenvalue weighted by Crippen LogP contribution is 2.18. The number of hydrogen-bond donors (Lipinski definition) is 2. The first-order valence-electron chi connectivity index (χ1n) is 9.28. The summed E-state index contributed by atoms with van der Waals surface area (Å²) in [5.41, 5.74) is 4.29. The molecule has 3 rings (SSSR count). The van der Waals surface area contributed by atoms with Crippen molar-refractivity contribution in [3.05, 3.63) is 63.2 Å². The molecule has 0 radical (unpaired) electrons. The monoisotopic (exact) mass is 507 g/mol. The standard InChI is InChI=1S/C21H22IN3O2S/c22-19-9-5-4-8-18(19)20(26)27-17-12-10-15(11-13-17)14-23-25-21(28)24-16-6-2-1-3-7-16/h4-5,8-14,16H,1-3,6-7H2,(H2,24,25,28)/b23-14-. The van der Waals surface area contributed by atoms with Crippen molar-refractivity contribution >= 4 is 52.1 Å². The molecule has 0 spiro atoms. The van der Waals surface area contributed by atoms with Gasteiger partial charge in [-0.3, -0.25) is 5.43 Å². The second-order valence-electron chi connectivity index (χ2n) is 6.62. The zero-order valence-electron chi connectivity index (χ0n) is 15.4. The van der Waals surface area contributed by atoms with Gasteiger partial charge in [-0.1, -0.05) is 31.4 Å². The topological polar surface area (TPSA) is 62.7 Å². The quantitative estimate of drug-likeness (QED) is 0.154. The molecule has 7 heteroatoms. The number of nitrogens with one attached hydrogen (secondary N) is 2. The summed E-state index contributed by atoms with van der Waals surface area (Å²) in [5.74, 6) is 0.122. The van der Waals surface area contributed by atoms with E-state index < -0.39 is 0 Å². The summed E-state index contributed by atoms with van der Waals surface area (Å²) in [6.07, 6.45) is 7.82. The SMILES string of the molecule is O=C(Oc1ccc(/C=N\NC(=S)NC2CCCCC2)cc1)c1ccccc1I. The van der Waals surface area contributed by atoms with Gasteiger partial charge in [0.2, 0.25) is 0 Å². The number of benzene rings is 2. The van der Waals surface area contributed by atoms with Crippen molar-refractivity contribution in [2.45, 2.75) is 38.1 Å². The molecule has 2 aromatic rings. The van der Waals surface area contributed by atoms with E-state index in [1.165, 1.54) is 19.3 Å². The summed E-state index contributed by atoms with van der Waals surface area (Å²) in [5, 5.41) is 8.02. The molecule has 1 aliphatic carbocycles. The van der Waals surface area contributed by atoms with Gasteiger partial charge >= 0.3 is 5.97 Å². The van der Waals surface area contributed by atoms with Gasteiger partial charge < -0.3 is 10.1 Å². The van der Waals surface area contributed by atoms with E-state index in [4.69, 9.17) is 17.0 Å². The molecule has 28 heavy (non-hydrogen) atoms. The van der Waals surface area contributed by atoms with Crippen LogP contribution in [0.15, 0.2) is 53.6 Å². The van der Waals surface area contributed by atoms with Crippen LogP contribution in [0.4, 0.5) is 0 Å². The number of thiocarbonyl (C=S) groups is 1. The number of hydrogen-bond acceptors (Lipinski definition) is 4. The lowest BCUT2D eigenvalue weighted by atomic mass is 9.96. The molecule has 0 unspecified atom stereocenters. The van der Waals surface area contributed by atoms with Crippen LogP contribution in [0.3, 0.4) is 0 Å². The molecule has 5 nitrogen and oxygen atoms in total.